The number of aromatic nitrogens is 1. The third kappa shape index (κ3) is 3.61. The molecular weight excluding hydrogens is 391 g/mol. The number of para-hydroxylation sites is 1. The van der Waals surface area contributed by atoms with E-state index in [0.717, 1.165) is 42.3 Å². The van der Waals surface area contributed by atoms with Crippen molar-refractivity contribution in [1.82, 2.24) is 9.88 Å². The fourth-order valence-electron chi connectivity index (χ4n) is 4.03. The Morgan fingerprint density at radius 2 is 1.96 bits per heavy atom. The van der Waals surface area contributed by atoms with E-state index in [9.17, 15) is 4.79 Å². The van der Waals surface area contributed by atoms with Gasteiger partial charge in [0, 0.05) is 28.6 Å². The van der Waals surface area contributed by atoms with Crippen molar-refractivity contribution in [2.75, 3.05) is 6.54 Å². The molecule has 1 saturated heterocycles. The van der Waals surface area contributed by atoms with E-state index in [1.165, 1.54) is 6.42 Å². The molecule has 1 aliphatic rings. The minimum absolute atomic E-state index is 0.0801. The van der Waals surface area contributed by atoms with E-state index in [1.54, 1.807) is 12.1 Å². The molecular formula is C23H22Cl2N2O. The second-order valence-electron chi connectivity index (χ2n) is 7.25. The molecule has 28 heavy (non-hydrogen) atoms. The predicted molar refractivity (Wildman–Crippen MR) is 116 cm³/mol. The van der Waals surface area contributed by atoms with Crippen LogP contribution in [0, 0.1) is 0 Å². The van der Waals surface area contributed by atoms with Crippen LogP contribution in [0.4, 0.5) is 0 Å². The number of benzene rings is 2. The van der Waals surface area contributed by atoms with Crippen LogP contribution in [0.5, 0.6) is 0 Å². The van der Waals surface area contributed by atoms with Crippen LogP contribution in [0.1, 0.15) is 43.0 Å². The van der Waals surface area contributed by atoms with Gasteiger partial charge in [-0.2, -0.15) is 0 Å². The number of likely N-dealkylation sites (tertiary alicyclic amines) is 1. The van der Waals surface area contributed by atoms with Gasteiger partial charge in [0.15, 0.2) is 0 Å². The SMILES string of the molecule is CCC1CCCCN1C(=O)c1cc(-c2ccc(Cl)cc2Cl)nc2ccccc12. The number of rotatable bonds is 3. The van der Waals surface area contributed by atoms with Crippen molar-refractivity contribution in [1.29, 1.82) is 0 Å². The number of hydrogen-bond donors (Lipinski definition) is 0. The maximum Gasteiger partial charge on any atom is 0.254 e. The average Bonchev–Trinajstić information content (AvgIpc) is 2.72. The first kappa shape index (κ1) is 19.2. The first-order chi connectivity index (χ1) is 13.6. The van der Waals surface area contributed by atoms with Gasteiger partial charge in [0.25, 0.3) is 5.91 Å². The zero-order valence-corrected chi connectivity index (χ0v) is 17.3. The van der Waals surface area contributed by atoms with Gasteiger partial charge in [-0.3, -0.25) is 4.79 Å². The zero-order valence-electron chi connectivity index (χ0n) is 15.8. The maximum absolute atomic E-state index is 13.5. The summed E-state index contributed by atoms with van der Waals surface area (Å²) in [6.45, 7) is 2.96. The Morgan fingerprint density at radius 1 is 1.14 bits per heavy atom. The summed E-state index contributed by atoms with van der Waals surface area (Å²) < 4.78 is 0. The molecule has 0 saturated carbocycles. The first-order valence-corrected chi connectivity index (χ1v) is 10.5. The molecule has 3 nitrogen and oxygen atoms in total. The van der Waals surface area contributed by atoms with Crippen molar-refractivity contribution in [3.8, 4) is 11.3 Å². The molecule has 0 spiro atoms. The minimum atomic E-state index is 0.0801. The van der Waals surface area contributed by atoms with E-state index in [0.29, 0.717) is 27.3 Å². The van der Waals surface area contributed by atoms with Crippen LogP contribution in [-0.4, -0.2) is 28.4 Å². The van der Waals surface area contributed by atoms with E-state index in [1.807, 2.05) is 41.3 Å². The lowest BCUT2D eigenvalue weighted by atomic mass is 9.97. The third-order valence-electron chi connectivity index (χ3n) is 5.51. The highest BCUT2D eigenvalue weighted by atomic mass is 35.5. The fraction of sp³-hybridized carbons (Fsp3) is 0.304. The lowest BCUT2D eigenvalue weighted by Gasteiger charge is -2.35. The number of fused-ring (bicyclic) bond motifs is 1. The van der Waals surface area contributed by atoms with Crippen LogP contribution in [-0.2, 0) is 0 Å². The Hall–Kier alpha value is -2.10. The number of carbonyl (C=O) groups is 1. The third-order valence-corrected chi connectivity index (χ3v) is 6.06. The monoisotopic (exact) mass is 412 g/mol. The Kier molecular flexibility index (Phi) is 5.56. The normalized spacial score (nSPS) is 17.1. The highest BCUT2D eigenvalue weighted by Gasteiger charge is 2.28. The molecule has 4 rings (SSSR count). The number of pyridine rings is 1. The van der Waals surface area contributed by atoms with Crippen molar-refractivity contribution in [2.24, 2.45) is 0 Å². The van der Waals surface area contributed by atoms with Crippen molar-refractivity contribution in [3.63, 3.8) is 0 Å². The number of carbonyl (C=O) groups excluding carboxylic acids is 1. The van der Waals surface area contributed by atoms with Crippen LogP contribution in [0.3, 0.4) is 0 Å². The minimum Gasteiger partial charge on any atom is -0.336 e. The summed E-state index contributed by atoms with van der Waals surface area (Å²) in [6.07, 6.45) is 4.29. The van der Waals surface area contributed by atoms with Gasteiger partial charge in [-0.25, -0.2) is 4.98 Å². The highest BCUT2D eigenvalue weighted by molar-refractivity contribution is 6.36. The molecule has 1 fully saturated rings. The molecule has 2 heterocycles. The largest absolute Gasteiger partial charge is 0.336 e. The lowest BCUT2D eigenvalue weighted by Crippen LogP contribution is -2.43. The van der Waals surface area contributed by atoms with E-state index in [-0.39, 0.29) is 5.91 Å². The Balaban J connectivity index is 1.86. The molecule has 0 bridgehead atoms. The number of hydrogen-bond acceptors (Lipinski definition) is 2. The van der Waals surface area contributed by atoms with Gasteiger partial charge in [0.2, 0.25) is 0 Å². The molecule has 1 aliphatic heterocycles. The van der Waals surface area contributed by atoms with Crippen LogP contribution < -0.4 is 0 Å². The Labute approximate surface area is 175 Å². The Bertz CT molecular complexity index is 1030. The van der Waals surface area contributed by atoms with Crippen LogP contribution >= 0.6 is 23.2 Å². The number of piperidine rings is 1. The molecule has 1 atom stereocenters. The summed E-state index contributed by atoms with van der Waals surface area (Å²) in [6, 6.07) is 15.3. The number of nitrogens with zero attached hydrogens (tertiary/aromatic N) is 2. The second kappa shape index (κ2) is 8.10. The molecule has 0 radical (unpaired) electrons. The average molecular weight is 413 g/mol. The van der Waals surface area contributed by atoms with Gasteiger partial charge in [-0.15, -0.1) is 0 Å². The van der Waals surface area contributed by atoms with Gasteiger partial charge in [-0.05, 0) is 56.0 Å². The van der Waals surface area contributed by atoms with Crippen molar-refractivity contribution < 1.29 is 4.79 Å². The second-order valence-corrected chi connectivity index (χ2v) is 8.10. The van der Waals surface area contributed by atoms with Crippen LogP contribution in [0.15, 0.2) is 48.5 Å². The van der Waals surface area contributed by atoms with Gasteiger partial charge in [0.05, 0.1) is 21.8 Å². The quantitative estimate of drug-likeness (QED) is 0.484. The molecule has 2 aromatic carbocycles. The molecule has 0 N–H and O–H groups in total. The van der Waals surface area contributed by atoms with Gasteiger partial charge in [-0.1, -0.05) is 48.3 Å². The summed E-state index contributed by atoms with van der Waals surface area (Å²) in [5.74, 6) is 0.0801. The van der Waals surface area contributed by atoms with Crippen molar-refractivity contribution in [2.45, 2.75) is 38.6 Å². The van der Waals surface area contributed by atoms with Crippen molar-refractivity contribution >= 4 is 40.0 Å². The summed E-state index contributed by atoms with van der Waals surface area (Å²) in [5, 5.41) is 1.98. The summed E-state index contributed by atoms with van der Waals surface area (Å²) in [7, 11) is 0. The van der Waals surface area contributed by atoms with E-state index in [4.69, 9.17) is 28.2 Å². The van der Waals surface area contributed by atoms with Crippen LogP contribution in [0.2, 0.25) is 10.0 Å². The summed E-state index contributed by atoms with van der Waals surface area (Å²) in [4.78, 5) is 20.4. The smallest absolute Gasteiger partial charge is 0.254 e. The summed E-state index contributed by atoms with van der Waals surface area (Å²) in [5.41, 5.74) is 2.94. The topological polar surface area (TPSA) is 33.2 Å². The van der Waals surface area contributed by atoms with Crippen molar-refractivity contribution in [3.05, 3.63) is 64.1 Å². The zero-order chi connectivity index (χ0) is 19.7. The molecule has 144 valence electrons. The summed E-state index contributed by atoms with van der Waals surface area (Å²) >= 11 is 12.5. The molecule has 1 aromatic heterocycles. The van der Waals surface area contributed by atoms with Gasteiger partial charge in [0.1, 0.15) is 0 Å². The number of halogens is 2. The van der Waals surface area contributed by atoms with Gasteiger partial charge >= 0.3 is 0 Å². The fourth-order valence-corrected chi connectivity index (χ4v) is 4.54. The van der Waals surface area contributed by atoms with E-state index in [2.05, 4.69) is 6.92 Å². The van der Waals surface area contributed by atoms with E-state index >= 15 is 0 Å². The molecule has 0 aliphatic carbocycles. The van der Waals surface area contributed by atoms with Gasteiger partial charge < -0.3 is 4.90 Å². The first-order valence-electron chi connectivity index (χ1n) is 9.74. The Morgan fingerprint density at radius 3 is 2.75 bits per heavy atom. The van der Waals surface area contributed by atoms with Crippen LogP contribution in [0.25, 0.3) is 22.2 Å². The maximum atomic E-state index is 13.5. The lowest BCUT2D eigenvalue weighted by molar-refractivity contribution is 0.0610. The molecule has 1 amide bonds. The molecule has 5 heteroatoms. The van der Waals surface area contributed by atoms with E-state index < -0.39 is 0 Å². The number of amides is 1. The molecule has 3 aromatic rings. The predicted octanol–water partition coefficient (Wildman–Crippen LogP) is 6.61. The standard InChI is InChI=1S/C23H22Cl2N2O/c1-2-16-7-5-6-12-27(16)23(28)19-14-22(18-11-10-15(24)13-20(18)25)26-21-9-4-3-8-17(19)21/h3-4,8-11,13-14,16H,2,5-7,12H2,1H3. The highest BCUT2D eigenvalue weighted by Crippen LogP contribution is 2.33. The molecule has 1 unspecified atom stereocenters.